The van der Waals surface area contributed by atoms with E-state index in [9.17, 15) is 14.7 Å². The highest BCUT2D eigenvalue weighted by atomic mass is 16.5. The van der Waals surface area contributed by atoms with Crippen LogP contribution >= 0.6 is 0 Å². The molecule has 1 saturated heterocycles. The van der Waals surface area contributed by atoms with E-state index in [1.165, 1.54) is 0 Å². The first-order valence-electron chi connectivity index (χ1n) is 14.3. The number of carboxylic acid groups (broad SMARTS) is 1. The summed E-state index contributed by atoms with van der Waals surface area (Å²) in [5.41, 5.74) is 2.14. The Morgan fingerprint density at radius 3 is 2.62 bits per heavy atom. The molecule has 3 atom stereocenters. The van der Waals surface area contributed by atoms with Gasteiger partial charge in [-0.25, -0.2) is 9.97 Å². The molecule has 0 saturated carbocycles. The van der Waals surface area contributed by atoms with Crippen molar-refractivity contribution in [3.05, 3.63) is 53.6 Å². The van der Waals surface area contributed by atoms with Gasteiger partial charge in [-0.1, -0.05) is 25.5 Å². The molecule has 1 amide bonds. The third kappa shape index (κ3) is 7.54. The molecular weight excluding hydrogens is 494 g/mol. The van der Waals surface area contributed by atoms with E-state index in [4.69, 9.17) is 4.74 Å². The molecule has 1 N–H and O–H groups in total. The number of fused-ring (bicyclic) bond motifs is 1. The van der Waals surface area contributed by atoms with Crippen molar-refractivity contribution in [3.8, 4) is 5.75 Å². The Hall–Kier alpha value is -3.04. The van der Waals surface area contributed by atoms with E-state index in [1.807, 2.05) is 31.1 Å². The number of benzene rings is 1. The van der Waals surface area contributed by atoms with E-state index in [0.717, 1.165) is 55.6 Å². The molecule has 0 spiro atoms. The van der Waals surface area contributed by atoms with E-state index >= 15 is 0 Å². The Morgan fingerprint density at radius 1 is 1.13 bits per heavy atom. The lowest BCUT2D eigenvalue weighted by atomic mass is 9.83. The summed E-state index contributed by atoms with van der Waals surface area (Å²) in [6.45, 7) is 5.91. The molecule has 0 bridgehead atoms. The number of rotatable bonds is 14. The number of carboxylic acids is 1. The van der Waals surface area contributed by atoms with Crippen LogP contribution in [0.2, 0.25) is 0 Å². The number of hydrogen-bond donors (Lipinski definition) is 1. The van der Waals surface area contributed by atoms with Gasteiger partial charge in [0.25, 0.3) is 0 Å². The molecule has 2 aliphatic heterocycles. The molecule has 39 heavy (non-hydrogen) atoms. The normalized spacial score (nSPS) is 20.7. The predicted octanol–water partition coefficient (Wildman–Crippen LogP) is 3.09. The van der Waals surface area contributed by atoms with Crippen molar-refractivity contribution in [1.82, 2.24) is 24.7 Å². The zero-order valence-corrected chi connectivity index (χ0v) is 23.6. The van der Waals surface area contributed by atoms with Crippen molar-refractivity contribution in [2.45, 2.75) is 57.4 Å². The summed E-state index contributed by atoms with van der Waals surface area (Å²) >= 11 is 0. The number of nitrogens with zero attached hydrogens (tertiary/aromatic N) is 5. The van der Waals surface area contributed by atoms with E-state index in [-0.39, 0.29) is 24.4 Å². The lowest BCUT2D eigenvalue weighted by molar-refractivity contribution is -0.143. The number of unbranched alkanes of at least 4 members (excludes halogenated alkanes) is 1. The predicted molar refractivity (Wildman–Crippen MR) is 150 cm³/mol. The number of carbonyl (C=O) groups excluding carboxylic acids is 1. The van der Waals surface area contributed by atoms with E-state index in [0.29, 0.717) is 38.4 Å². The maximum absolute atomic E-state index is 13.7. The molecule has 0 radical (unpaired) electrons. The van der Waals surface area contributed by atoms with Gasteiger partial charge in [0.1, 0.15) is 11.6 Å². The zero-order valence-electron chi connectivity index (χ0n) is 23.6. The Bertz CT molecular complexity index is 1100. The fourth-order valence-electron chi connectivity index (χ4n) is 5.93. The molecule has 3 heterocycles. The van der Waals surface area contributed by atoms with Gasteiger partial charge >= 0.3 is 5.97 Å². The van der Waals surface area contributed by atoms with Crippen LogP contribution in [0, 0.1) is 5.92 Å². The lowest BCUT2D eigenvalue weighted by Crippen LogP contribution is -2.45. The number of aromatic nitrogens is 2. The van der Waals surface area contributed by atoms with Crippen molar-refractivity contribution in [1.29, 1.82) is 0 Å². The first kappa shape index (κ1) is 29.0. The number of carbonyl (C=O) groups is 2. The van der Waals surface area contributed by atoms with Crippen LogP contribution in [-0.4, -0.2) is 101 Å². The third-order valence-corrected chi connectivity index (χ3v) is 7.96. The standard InChI is InChI=1S/C30H43N5O4/c1-4-5-16-34(17-7-15-33(2)3)28(36)21-35-20-24(22-8-10-26-23(19-22)12-18-39-26)29(30(37)38)25(35)9-11-27-31-13-6-14-32-27/h6,8,10,13-14,19,24-25,29H,4-5,7,9,11-12,15-18,20-21H2,1-3H3,(H,37,38)/t24-,25+,29-/m1/s1. The van der Waals surface area contributed by atoms with Crippen molar-refractivity contribution in [3.63, 3.8) is 0 Å². The molecule has 1 aromatic heterocycles. The second-order valence-electron chi connectivity index (χ2n) is 11.0. The zero-order chi connectivity index (χ0) is 27.8. The maximum Gasteiger partial charge on any atom is 0.308 e. The van der Waals surface area contributed by atoms with Gasteiger partial charge < -0.3 is 19.6 Å². The van der Waals surface area contributed by atoms with Crippen molar-refractivity contribution >= 4 is 11.9 Å². The fraction of sp³-hybridized carbons (Fsp3) is 0.600. The SMILES string of the molecule is CCCCN(CCCN(C)C)C(=O)CN1C[C@H](c2ccc3c(c2)CCO3)[C@@H](C(=O)O)[C@@H]1CCc1ncccn1. The second-order valence-corrected chi connectivity index (χ2v) is 11.0. The van der Waals surface area contributed by atoms with Crippen LogP contribution in [0.15, 0.2) is 36.7 Å². The summed E-state index contributed by atoms with van der Waals surface area (Å²) in [6.07, 6.45) is 8.29. The molecule has 212 valence electrons. The van der Waals surface area contributed by atoms with Crippen LogP contribution in [0.5, 0.6) is 5.75 Å². The van der Waals surface area contributed by atoms with E-state index in [2.05, 4.69) is 32.8 Å². The van der Waals surface area contributed by atoms with Crippen LogP contribution in [0.25, 0.3) is 0 Å². The number of aryl methyl sites for hydroxylation is 1. The number of hydrogen-bond acceptors (Lipinski definition) is 7. The first-order chi connectivity index (χ1) is 18.9. The molecule has 9 heteroatoms. The Morgan fingerprint density at radius 2 is 1.90 bits per heavy atom. The van der Waals surface area contributed by atoms with E-state index < -0.39 is 11.9 Å². The van der Waals surface area contributed by atoms with E-state index in [1.54, 1.807) is 18.5 Å². The summed E-state index contributed by atoms with van der Waals surface area (Å²) in [6, 6.07) is 7.57. The minimum atomic E-state index is -0.820. The highest BCUT2D eigenvalue weighted by Crippen LogP contribution is 2.41. The van der Waals surface area contributed by atoms with Crippen LogP contribution < -0.4 is 4.74 Å². The summed E-state index contributed by atoms with van der Waals surface area (Å²) in [7, 11) is 4.08. The van der Waals surface area contributed by atoms with Gasteiger partial charge in [-0.3, -0.25) is 14.5 Å². The summed E-state index contributed by atoms with van der Waals surface area (Å²) < 4.78 is 5.68. The number of likely N-dealkylation sites (tertiary alicyclic amines) is 1. The molecule has 0 aliphatic carbocycles. The number of aliphatic carboxylic acids is 1. The van der Waals surface area contributed by atoms with Gasteiger partial charge in [0.15, 0.2) is 0 Å². The van der Waals surface area contributed by atoms with Crippen LogP contribution in [0.4, 0.5) is 0 Å². The molecule has 2 aliphatic rings. The van der Waals surface area contributed by atoms with Gasteiger partial charge in [-0.2, -0.15) is 0 Å². The molecule has 0 unspecified atom stereocenters. The van der Waals surface area contributed by atoms with Gasteiger partial charge in [0, 0.05) is 56.8 Å². The summed E-state index contributed by atoms with van der Waals surface area (Å²) in [5.74, 6) is 0.00674. The summed E-state index contributed by atoms with van der Waals surface area (Å²) in [4.78, 5) is 41.3. The molecule has 1 fully saturated rings. The van der Waals surface area contributed by atoms with Crippen molar-refractivity contribution in [2.75, 3.05) is 53.4 Å². The highest BCUT2D eigenvalue weighted by molar-refractivity contribution is 5.79. The smallest absolute Gasteiger partial charge is 0.308 e. The van der Waals surface area contributed by atoms with Crippen molar-refractivity contribution < 1.29 is 19.4 Å². The largest absolute Gasteiger partial charge is 0.493 e. The van der Waals surface area contributed by atoms with Crippen LogP contribution in [0.1, 0.15) is 55.5 Å². The quantitative estimate of drug-likeness (QED) is 0.393. The average Bonchev–Trinajstić information content (AvgIpc) is 3.54. The minimum absolute atomic E-state index is 0.0790. The second kappa shape index (κ2) is 13.8. The monoisotopic (exact) mass is 537 g/mol. The molecular formula is C30H43N5O4. The Balaban J connectivity index is 1.56. The van der Waals surface area contributed by atoms with Gasteiger partial charge in [0.05, 0.1) is 19.1 Å². The fourth-order valence-corrected chi connectivity index (χ4v) is 5.93. The molecule has 2 aromatic rings. The van der Waals surface area contributed by atoms with Gasteiger partial charge in [-0.05, 0) is 63.2 Å². The maximum atomic E-state index is 13.7. The van der Waals surface area contributed by atoms with Gasteiger partial charge in [0.2, 0.25) is 5.91 Å². The number of ether oxygens (including phenoxy) is 1. The molecule has 4 rings (SSSR count). The molecule has 1 aromatic carbocycles. The highest BCUT2D eigenvalue weighted by Gasteiger charge is 2.47. The lowest BCUT2D eigenvalue weighted by Gasteiger charge is -2.30. The van der Waals surface area contributed by atoms with Crippen LogP contribution in [0.3, 0.4) is 0 Å². The van der Waals surface area contributed by atoms with Crippen LogP contribution in [-0.2, 0) is 22.4 Å². The van der Waals surface area contributed by atoms with Gasteiger partial charge in [-0.15, -0.1) is 0 Å². The third-order valence-electron chi connectivity index (χ3n) is 7.96. The Kier molecular flexibility index (Phi) is 10.3. The minimum Gasteiger partial charge on any atom is -0.493 e. The summed E-state index contributed by atoms with van der Waals surface area (Å²) in [5, 5.41) is 10.5. The Labute approximate surface area is 232 Å². The van der Waals surface area contributed by atoms with Crippen molar-refractivity contribution in [2.24, 2.45) is 5.92 Å². The number of amides is 1. The molecule has 9 nitrogen and oxygen atoms in total. The first-order valence-corrected chi connectivity index (χ1v) is 14.3. The topological polar surface area (TPSA) is 99.1 Å². The average molecular weight is 538 g/mol.